The molecule has 0 amide bonds. The number of benzene rings is 3. The molecule has 0 heterocycles. The number of rotatable bonds is 9. The summed E-state index contributed by atoms with van der Waals surface area (Å²) < 4.78 is 5.42. The van der Waals surface area contributed by atoms with Gasteiger partial charge in [-0.15, -0.1) is 0 Å². The molecule has 0 aliphatic carbocycles. The van der Waals surface area contributed by atoms with Crippen molar-refractivity contribution < 1.29 is 21.7 Å². The highest BCUT2D eigenvalue weighted by Gasteiger charge is 2.45. The monoisotopic (exact) mass is 456 g/mol. The summed E-state index contributed by atoms with van der Waals surface area (Å²) in [7, 11) is 0.0850. The van der Waals surface area contributed by atoms with Crippen LogP contribution in [0.3, 0.4) is 0 Å². The first-order chi connectivity index (χ1) is 13.3. The highest BCUT2D eigenvalue weighted by atomic mass is 79.9. The Kier molecular flexibility index (Phi) is 9.38. The van der Waals surface area contributed by atoms with Crippen LogP contribution < -0.4 is 32.9 Å². The number of hydrogen-bond acceptors (Lipinski definition) is 1. The van der Waals surface area contributed by atoms with Crippen LogP contribution >= 0.6 is 7.26 Å². The van der Waals surface area contributed by atoms with Gasteiger partial charge < -0.3 is 21.7 Å². The molecule has 1 nitrogen and oxygen atoms in total. The first-order valence-electron chi connectivity index (χ1n) is 9.89. The molecule has 3 heteroatoms. The third-order valence-electron chi connectivity index (χ3n) is 5.22. The van der Waals surface area contributed by atoms with Crippen molar-refractivity contribution in [3.8, 4) is 0 Å². The van der Waals surface area contributed by atoms with Crippen molar-refractivity contribution in [3.63, 3.8) is 0 Å². The molecule has 0 radical (unpaired) electrons. The van der Waals surface area contributed by atoms with Gasteiger partial charge in [0.05, 0.1) is 12.8 Å². The number of hydrogen-bond donors (Lipinski definition) is 0. The zero-order valence-electron chi connectivity index (χ0n) is 16.9. The Balaban J connectivity index is 0.00000280. The predicted octanol–water partition coefficient (Wildman–Crippen LogP) is 1.97. The maximum atomic E-state index is 5.42. The lowest BCUT2D eigenvalue weighted by Crippen LogP contribution is -3.00. The fourth-order valence-corrected chi connectivity index (χ4v) is 8.65. The molecule has 0 bridgehead atoms. The first-order valence-corrected chi connectivity index (χ1v) is 11.9. The summed E-state index contributed by atoms with van der Waals surface area (Å²) in [5.74, 6) is 0. The summed E-state index contributed by atoms with van der Waals surface area (Å²) in [4.78, 5) is 0. The van der Waals surface area contributed by atoms with Crippen LogP contribution in [0.25, 0.3) is 0 Å². The van der Waals surface area contributed by atoms with Gasteiger partial charge in [0.25, 0.3) is 0 Å². The number of halogens is 1. The molecule has 0 spiro atoms. The van der Waals surface area contributed by atoms with E-state index < -0.39 is 7.26 Å². The molecule has 0 fully saturated rings. The Bertz CT molecular complexity index is 781. The van der Waals surface area contributed by atoms with Crippen LogP contribution in [-0.2, 0) is 11.2 Å². The van der Waals surface area contributed by atoms with Gasteiger partial charge in [0, 0.05) is 7.11 Å². The summed E-state index contributed by atoms with van der Waals surface area (Å²) in [5.41, 5.74) is 1.43. The normalized spacial score (nSPS) is 11.1. The molecule has 0 unspecified atom stereocenters. The molecule has 0 N–H and O–H groups in total. The van der Waals surface area contributed by atoms with Crippen molar-refractivity contribution in [2.75, 3.05) is 19.9 Å². The van der Waals surface area contributed by atoms with Crippen LogP contribution in [0.2, 0.25) is 0 Å². The molecule has 3 aromatic carbocycles. The van der Waals surface area contributed by atoms with E-state index in [1.807, 2.05) is 0 Å². The average molecular weight is 457 g/mol. The van der Waals surface area contributed by atoms with Crippen molar-refractivity contribution >= 4 is 23.2 Å². The van der Waals surface area contributed by atoms with Gasteiger partial charge in [-0.05, 0) is 48.7 Å². The lowest BCUT2D eigenvalue weighted by Gasteiger charge is -2.29. The minimum Gasteiger partial charge on any atom is -1.00 e. The molecular weight excluding hydrogens is 427 g/mol. The molecular formula is C25H30BrOP. The molecule has 3 rings (SSSR count). The molecule has 0 aliphatic heterocycles. The Morgan fingerprint density at radius 1 is 0.750 bits per heavy atom. The molecule has 0 aromatic heterocycles. The van der Waals surface area contributed by atoms with E-state index in [4.69, 9.17) is 4.74 Å². The fourth-order valence-electron chi connectivity index (χ4n) is 3.87. The summed E-state index contributed by atoms with van der Waals surface area (Å²) in [6, 6.07) is 31.4. The van der Waals surface area contributed by atoms with E-state index in [-0.39, 0.29) is 17.0 Å². The molecule has 0 atom stereocenters. The van der Waals surface area contributed by atoms with Crippen LogP contribution in [0.4, 0.5) is 0 Å². The van der Waals surface area contributed by atoms with Gasteiger partial charge in [0.1, 0.15) is 23.2 Å². The standard InChI is InChI=1S/C25H30OP.BrH/c1-3-4-21-27(23-14-7-5-8-15-23,24-16-9-6-10-17-24)25-18-12-11-13-22(25)19-20-26-2;/h5-18H,3-4,19-21H2,1-2H3;1H/q+1;/p-1. The van der Waals surface area contributed by atoms with Crippen molar-refractivity contribution in [1.29, 1.82) is 0 Å². The molecule has 0 aliphatic rings. The molecule has 28 heavy (non-hydrogen) atoms. The van der Waals surface area contributed by atoms with Gasteiger partial charge in [0.2, 0.25) is 0 Å². The lowest BCUT2D eigenvalue weighted by molar-refractivity contribution is -0.00000581. The van der Waals surface area contributed by atoms with Crippen molar-refractivity contribution in [2.45, 2.75) is 26.2 Å². The molecule has 3 aromatic rings. The van der Waals surface area contributed by atoms with Gasteiger partial charge >= 0.3 is 0 Å². The van der Waals surface area contributed by atoms with Crippen LogP contribution in [-0.4, -0.2) is 19.9 Å². The van der Waals surface area contributed by atoms with Crippen LogP contribution in [0.1, 0.15) is 25.3 Å². The van der Waals surface area contributed by atoms with E-state index in [0.717, 1.165) is 13.0 Å². The summed E-state index contributed by atoms with van der Waals surface area (Å²) >= 11 is 0. The maximum absolute atomic E-state index is 5.42. The number of methoxy groups -OCH3 is 1. The molecule has 0 saturated heterocycles. The maximum Gasteiger partial charge on any atom is 0.112 e. The second-order valence-corrected chi connectivity index (χ2v) is 10.5. The van der Waals surface area contributed by atoms with Gasteiger partial charge in [0.15, 0.2) is 0 Å². The van der Waals surface area contributed by atoms with E-state index >= 15 is 0 Å². The molecule has 148 valence electrons. The predicted molar refractivity (Wildman–Crippen MR) is 121 cm³/mol. The third kappa shape index (κ3) is 4.92. The quantitative estimate of drug-likeness (QED) is 0.447. The highest BCUT2D eigenvalue weighted by Crippen LogP contribution is 2.56. The fraction of sp³-hybridized carbons (Fsp3) is 0.280. The summed E-state index contributed by atoms with van der Waals surface area (Å²) in [6.45, 7) is 3.05. The Morgan fingerprint density at radius 3 is 1.82 bits per heavy atom. The second-order valence-electron chi connectivity index (χ2n) is 6.93. The van der Waals surface area contributed by atoms with E-state index in [1.165, 1.54) is 40.5 Å². The van der Waals surface area contributed by atoms with E-state index in [2.05, 4.69) is 91.9 Å². The van der Waals surface area contributed by atoms with Crippen molar-refractivity contribution in [3.05, 3.63) is 90.5 Å². The van der Waals surface area contributed by atoms with E-state index in [1.54, 1.807) is 7.11 Å². The van der Waals surface area contributed by atoms with E-state index in [9.17, 15) is 0 Å². The van der Waals surface area contributed by atoms with E-state index in [0.29, 0.717) is 0 Å². The zero-order chi connectivity index (χ0) is 19.0. The molecule has 0 saturated carbocycles. The van der Waals surface area contributed by atoms with Gasteiger partial charge in [-0.1, -0.05) is 67.9 Å². The smallest absolute Gasteiger partial charge is 0.112 e. The van der Waals surface area contributed by atoms with Gasteiger partial charge in [-0.2, -0.15) is 0 Å². The van der Waals surface area contributed by atoms with Crippen molar-refractivity contribution in [1.82, 2.24) is 0 Å². The zero-order valence-corrected chi connectivity index (χ0v) is 19.3. The van der Waals surface area contributed by atoms with Crippen LogP contribution in [0.5, 0.6) is 0 Å². The average Bonchev–Trinajstić information content (AvgIpc) is 2.75. The second kappa shape index (κ2) is 11.5. The minimum atomic E-state index is -1.70. The summed E-state index contributed by atoms with van der Waals surface area (Å²) in [5, 5.41) is 4.48. The Hall–Kier alpha value is -1.47. The topological polar surface area (TPSA) is 9.23 Å². The number of ether oxygens (including phenoxy) is 1. The van der Waals surface area contributed by atoms with Crippen molar-refractivity contribution in [2.24, 2.45) is 0 Å². The number of unbranched alkanes of at least 4 members (excludes halogenated alkanes) is 1. The largest absolute Gasteiger partial charge is 1.00 e. The minimum absolute atomic E-state index is 0. The first kappa shape index (κ1) is 22.8. The Labute approximate surface area is 181 Å². The van der Waals surface area contributed by atoms with Crippen LogP contribution in [0.15, 0.2) is 84.9 Å². The lowest BCUT2D eigenvalue weighted by atomic mass is 10.2. The van der Waals surface area contributed by atoms with Crippen LogP contribution in [0, 0.1) is 0 Å². The Morgan fingerprint density at radius 2 is 1.29 bits per heavy atom. The van der Waals surface area contributed by atoms with Gasteiger partial charge in [-0.25, -0.2) is 0 Å². The highest BCUT2D eigenvalue weighted by molar-refractivity contribution is 7.95. The SMILES string of the molecule is CCCC[P+](c1ccccc1)(c1ccccc1)c1ccccc1CCOC.[Br-]. The van der Waals surface area contributed by atoms with Gasteiger partial charge in [-0.3, -0.25) is 0 Å². The third-order valence-corrected chi connectivity index (χ3v) is 9.82. The summed E-state index contributed by atoms with van der Waals surface area (Å²) in [6.07, 6.45) is 4.61.